The van der Waals surface area contributed by atoms with Crippen LogP contribution in [-0.2, 0) is 14.3 Å². The molecule has 0 bridgehead atoms. The molecule has 0 N–H and O–H groups in total. The largest absolute Gasteiger partial charge is 0.534 e. The van der Waals surface area contributed by atoms with Crippen molar-refractivity contribution < 1.29 is 25.8 Å². The van der Waals surface area contributed by atoms with Crippen molar-refractivity contribution in [3.05, 3.63) is 23.5 Å². The Labute approximate surface area is 163 Å². The van der Waals surface area contributed by atoms with Gasteiger partial charge in [-0.25, -0.2) is 0 Å². The molecule has 0 saturated carbocycles. The highest BCUT2D eigenvalue weighted by Gasteiger charge is 2.48. The van der Waals surface area contributed by atoms with Gasteiger partial charge in [0.2, 0.25) is 0 Å². The van der Waals surface area contributed by atoms with Crippen molar-refractivity contribution in [3.63, 3.8) is 0 Å². The Hall–Kier alpha value is -1.06. The number of nitrogens with zero attached hydrogens (tertiary/aromatic N) is 2. The summed E-state index contributed by atoms with van der Waals surface area (Å²) in [6.07, 6.45) is 5.04. The summed E-state index contributed by atoms with van der Waals surface area (Å²) in [5, 5.41) is 0. The summed E-state index contributed by atoms with van der Waals surface area (Å²) in [6, 6.07) is 0. The third-order valence-corrected chi connectivity index (χ3v) is 4.51. The molecule has 5 nitrogen and oxygen atoms in total. The van der Waals surface area contributed by atoms with E-state index in [2.05, 4.69) is 29.1 Å². The van der Waals surface area contributed by atoms with Crippen LogP contribution in [0.15, 0.2) is 23.5 Å². The zero-order valence-corrected chi connectivity index (χ0v) is 18.4. The first kappa shape index (κ1) is 28.2. The van der Waals surface area contributed by atoms with E-state index in [-0.39, 0.29) is 12.2 Å². The Morgan fingerprint density at radius 3 is 1.67 bits per heavy atom. The van der Waals surface area contributed by atoms with Crippen molar-refractivity contribution >= 4 is 10.1 Å². The van der Waals surface area contributed by atoms with Crippen LogP contribution in [0.1, 0.15) is 47.5 Å². The zero-order valence-electron chi connectivity index (χ0n) is 17.6. The fourth-order valence-electron chi connectivity index (χ4n) is 1.89. The van der Waals surface area contributed by atoms with Gasteiger partial charge in [-0.2, -0.15) is 21.6 Å². The van der Waals surface area contributed by atoms with Crippen LogP contribution in [0.5, 0.6) is 0 Å². The van der Waals surface area contributed by atoms with E-state index >= 15 is 0 Å². The minimum atomic E-state index is -5.50. The van der Waals surface area contributed by atoms with E-state index in [1.807, 2.05) is 32.6 Å². The molecule has 0 aromatic rings. The van der Waals surface area contributed by atoms with Crippen molar-refractivity contribution in [2.45, 2.75) is 53.0 Å². The highest BCUT2D eigenvalue weighted by Crippen LogP contribution is 2.27. The number of rotatable bonds is 2. The molecule has 0 aliphatic carbocycles. The normalized spacial score (nSPS) is 18.3. The molecule has 0 saturated heterocycles. The summed E-state index contributed by atoms with van der Waals surface area (Å²) in [4.78, 5) is 4.15. The Bertz CT molecular complexity index is 559. The van der Waals surface area contributed by atoms with Gasteiger partial charge in [0.15, 0.2) is 0 Å². The van der Waals surface area contributed by atoms with Crippen LogP contribution < -0.4 is 0 Å². The van der Waals surface area contributed by atoms with Gasteiger partial charge in [-0.05, 0) is 33.5 Å². The fourth-order valence-corrected chi connectivity index (χ4v) is 2.42. The van der Waals surface area contributed by atoms with Crippen LogP contribution in [0.3, 0.4) is 0 Å². The second-order valence-electron chi connectivity index (χ2n) is 5.73. The van der Waals surface area contributed by atoms with E-state index in [1.165, 1.54) is 19.0 Å². The highest BCUT2D eigenvalue weighted by molar-refractivity contribution is 7.87. The van der Waals surface area contributed by atoms with Gasteiger partial charge in [0, 0.05) is 32.6 Å². The molecule has 0 spiro atoms. The van der Waals surface area contributed by atoms with E-state index in [0.717, 1.165) is 6.54 Å². The minimum absolute atomic E-state index is 0.148. The fraction of sp³-hybridized carbons (Fsp3) is 0.778. The summed E-state index contributed by atoms with van der Waals surface area (Å²) in [6.45, 7) is 13.4. The molecule has 0 atom stereocenters. The summed E-state index contributed by atoms with van der Waals surface area (Å²) in [5.41, 5.74) is -3.82. The molecule has 9 heteroatoms. The third-order valence-electron chi connectivity index (χ3n) is 3.51. The molecule has 0 radical (unpaired) electrons. The van der Waals surface area contributed by atoms with Gasteiger partial charge < -0.3 is 14.0 Å². The summed E-state index contributed by atoms with van der Waals surface area (Å²) in [7, 11) is -1.58. The van der Waals surface area contributed by atoms with Gasteiger partial charge in [0.05, 0.1) is 0 Å². The minimum Gasteiger partial charge on any atom is -0.381 e. The predicted octanol–water partition coefficient (Wildman–Crippen LogP) is 4.39. The van der Waals surface area contributed by atoms with Gasteiger partial charge in [-0.15, -0.1) is 0 Å². The highest BCUT2D eigenvalue weighted by atomic mass is 32.2. The van der Waals surface area contributed by atoms with Gasteiger partial charge in [0.25, 0.3) is 0 Å². The lowest BCUT2D eigenvalue weighted by atomic mass is 10.1. The van der Waals surface area contributed by atoms with Crippen LogP contribution >= 0.6 is 0 Å². The number of hydrogen-bond donors (Lipinski definition) is 0. The summed E-state index contributed by atoms with van der Waals surface area (Å²) in [5.74, 6) is -0.148. The molecule has 27 heavy (non-hydrogen) atoms. The Kier molecular flexibility index (Phi) is 14.6. The number of likely N-dealkylation sites (N-methyl/N-ethyl adjacent to an activating group) is 2. The molecular weight excluding hydrogens is 381 g/mol. The van der Waals surface area contributed by atoms with Crippen LogP contribution in [0.25, 0.3) is 0 Å². The molecule has 2 aliphatic rings. The zero-order chi connectivity index (χ0) is 21.7. The van der Waals surface area contributed by atoms with E-state index in [0.29, 0.717) is 13.1 Å². The maximum absolute atomic E-state index is 11.9. The molecular formula is C18H35F3N2O3S. The molecule has 0 amide bonds. The van der Waals surface area contributed by atoms with E-state index < -0.39 is 15.6 Å². The summed E-state index contributed by atoms with van der Waals surface area (Å²) < 4.78 is 60.9. The SMILES string of the molecule is CC.CC.CC1=CCN(C)CC1.CN1CC=C(OS(=O)(=O)C(F)(F)F)CC1. The Balaban J connectivity index is 0. The smallest absolute Gasteiger partial charge is 0.381 e. The first-order valence-corrected chi connectivity index (χ1v) is 10.6. The maximum atomic E-state index is 11.9. The second kappa shape index (κ2) is 14.0. The van der Waals surface area contributed by atoms with Crippen molar-refractivity contribution in [2.75, 3.05) is 40.3 Å². The second-order valence-corrected chi connectivity index (χ2v) is 7.27. The maximum Gasteiger partial charge on any atom is 0.534 e. The molecule has 0 unspecified atom stereocenters. The van der Waals surface area contributed by atoms with Gasteiger partial charge in [0.1, 0.15) is 5.76 Å². The van der Waals surface area contributed by atoms with Crippen LogP contribution in [0.4, 0.5) is 13.2 Å². The Morgan fingerprint density at radius 2 is 1.37 bits per heavy atom. The molecule has 162 valence electrons. The van der Waals surface area contributed by atoms with Gasteiger partial charge in [-0.1, -0.05) is 39.3 Å². The lowest BCUT2D eigenvalue weighted by molar-refractivity contribution is -0.0524. The van der Waals surface area contributed by atoms with Crippen LogP contribution in [0.2, 0.25) is 0 Å². The molecule has 2 heterocycles. The first-order valence-electron chi connectivity index (χ1n) is 9.24. The molecule has 0 aromatic carbocycles. The predicted molar refractivity (Wildman–Crippen MR) is 105 cm³/mol. The van der Waals surface area contributed by atoms with E-state index in [9.17, 15) is 21.6 Å². The topological polar surface area (TPSA) is 49.9 Å². The summed E-state index contributed by atoms with van der Waals surface area (Å²) >= 11 is 0. The number of halogens is 3. The first-order chi connectivity index (χ1) is 12.5. The van der Waals surface area contributed by atoms with E-state index in [4.69, 9.17) is 0 Å². The van der Waals surface area contributed by atoms with E-state index in [1.54, 1.807) is 12.6 Å². The molecule has 2 rings (SSSR count). The molecule has 0 fully saturated rings. The lowest BCUT2D eigenvalue weighted by Gasteiger charge is -2.21. The lowest BCUT2D eigenvalue weighted by Crippen LogP contribution is -2.29. The van der Waals surface area contributed by atoms with Gasteiger partial charge in [-0.3, -0.25) is 0 Å². The standard InChI is InChI=1S/C7H10F3NO3S.C7H13N.2C2H6/c1-11-4-2-6(3-5-11)14-15(12,13)7(8,9)10;1-7-3-5-8(2)6-4-7;2*1-2/h2H,3-5H2,1H3;3H,4-6H2,1-2H3;2*1-2H3. The Morgan fingerprint density at radius 1 is 0.926 bits per heavy atom. The quantitative estimate of drug-likeness (QED) is 0.380. The van der Waals surface area contributed by atoms with Crippen molar-refractivity contribution in [3.8, 4) is 0 Å². The average Bonchev–Trinajstić information content (AvgIpc) is 2.62. The van der Waals surface area contributed by atoms with Crippen molar-refractivity contribution in [1.82, 2.24) is 9.80 Å². The van der Waals surface area contributed by atoms with Crippen LogP contribution in [0, 0.1) is 0 Å². The third kappa shape index (κ3) is 12.1. The van der Waals surface area contributed by atoms with Crippen molar-refractivity contribution in [2.24, 2.45) is 0 Å². The van der Waals surface area contributed by atoms with Gasteiger partial charge >= 0.3 is 15.6 Å². The monoisotopic (exact) mass is 416 g/mol. The molecule has 2 aliphatic heterocycles. The van der Waals surface area contributed by atoms with Crippen LogP contribution in [-0.4, -0.2) is 64.0 Å². The molecule has 0 aromatic heterocycles. The number of hydrogen-bond acceptors (Lipinski definition) is 5. The number of alkyl halides is 3. The van der Waals surface area contributed by atoms with Crippen molar-refractivity contribution in [1.29, 1.82) is 0 Å². The average molecular weight is 417 g/mol.